The molecule has 1 aliphatic heterocycles. The highest BCUT2D eigenvalue weighted by molar-refractivity contribution is 6.25. The summed E-state index contributed by atoms with van der Waals surface area (Å²) < 4.78 is 16.9. The van der Waals surface area contributed by atoms with E-state index in [-0.39, 0.29) is 23.6 Å². The zero-order chi connectivity index (χ0) is 19.6. The SMILES string of the molecule is COC(=O)[C@@H]1C2=C(C(=O)CCC2)C(=O)[C@@H]2OC(C)(C)O[C@@]23CCC[C@@H]1C3=O. The van der Waals surface area contributed by atoms with Crippen LogP contribution in [0, 0.1) is 11.8 Å². The summed E-state index contributed by atoms with van der Waals surface area (Å²) in [7, 11) is 1.26. The Kier molecular flexibility index (Phi) is 4.16. The van der Waals surface area contributed by atoms with Gasteiger partial charge < -0.3 is 14.2 Å². The molecule has 0 unspecified atom stereocenters. The van der Waals surface area contributed by atoms with Gasteiger partial charge in [0.1, 0.15) is 0 Å². The highest BCUT2D eigenvalue weighted by Gasteiger charge is 2.66. The second-order valence-corrected chi connectivity index (χ2v) is 8.29. The van der Waals surface area contributed by atoms with Crippen LogP contribution in [0.2, 0.25) is 0 Å². The van der Waals surface area contributed by atoms with Gasteiger partial charge in [0.05, 0.1) is 18.6 Å². The monoisotopic (exact) mass is 376 g/mol. The fraction of sp³-hybridized carbons (Fsp3) is 0.700. The van der Waals surface area contributed by atoms with E-state index in [2.05, 4.69) is 0 Å². The van der Waals surface area contributed by atoms with E-state index in [9.17, 15) is 19.2 Å². The fourth-order valence-corrected chi connectivity index (χ4v) is 5.28. The Hall–Kier alpha value is -1.86. The van der Waals surface area contributed by atoms with E-state index in [0.29, 0.717) is 37.7 Å². The van der Waals surface area contributed by atoms with Crippen molar-refractivity contribution in [3.8, 4) is 0 Å². The number of hydrogen-bond acceptors (Lipinski definition) is 7. The Balaban J connectivity index is 1.97. The molecule has 2 fully saturated rings. The lowest BCUT2D eigenvalue weighted by Gasteiger charge is -2.43. The maximum Gasteiger partial charge on any atom is 0.313 e. The van der Waals surface area contributed by atoms with Crippen molar-refractivity contribution in [1.82, 2.24) is 0 Å². The van der Waals surface area contributed by atoms with Gasteiger partial charge in [0, 0.05) is 12.3 Å². The Morgan fingerprint density at radius 2 is 1.89 bits per heavy atom. The largest absolute Gasteiger partial charge is 0.469 e. The predicted molar refractivity (Wildman–Crippen MR) is 91.5 cm³/mol. The van der Waals surface area contributed by atoms with E-state index in [4.69, 9.17) is 14.2 Å². The van der Waals surface area contributed by atoms with E-state index in [0.717, 1.165) is 0 Å². The summed E-state index contributed by atoms with van der Waals surface area (Å²) in [5.74, 6) is -4.36. The molecule has 7 nitrogen and oxygen atoms in total. The van der Waals surface area contributed by atoms with Gasteiger partial charge in [0.15, 0.2) is 34.8 Å². The van der Waals surface area contributed by atoms with Gasteiger partial charge in [-0.05, 0) is 51.5 Å². The average molecular weight is 376 g/mol. The highest BCUT2D eigenvalue weighted by atomic mass is 16.8. The van der Waals surface area contributed by atoms with E-state index in [1.54, 1.807) is 13.8 Å². The first-order chi connectivity index (χ1) is 12.7. The Bertz CT molecular complexity index is 777. The highest BCUT2D eigenvalue weighted by Crippen LogP contribution is 2.51. The third-order valence-corrected chi connectivity index (χ3v) is 6.24. The van der Waals surface area contributed by atoms with Crippen molar-refractivity contribution in [2.24, 2.45) is 11.8 Å². The molecule has 0 amide bonds. The summed E-state index contributed by atoms with van der Waals surface area (Å²) in [6.07, 6.45) is 1.56. The van der Waals surface area contributed by atoms with Crippen molar-refractivity contribution in [3.63, 3.8) is 0 Å². The molecule has 0 aromatic rings. The molecule has 1 saturated carbocycles. The number of hydrogen-bond donors (Lipinski definition) is 0. The number of esters is 1. The zero-order valence-corrected chi connectivity index (χ0v) is 15.8. The maximum atomic E-state index is 13.5. The number of ketones is 3. The molecule has 1 saturated heterocycles. The molecular formula is C20H24O7. The van der Waals surface area contributed by atoms with Crippen LogP contribution in [0.5, 0.6) is 0 Å². The van der Waals surface area contributed by atoms with Gasteiger partial charge in [-0.25, -0.2) is 0 Å². The molecule has 27 heavy (non-hydrogen) atoms. The van der Waals surface area contributed by atoms with Crippen molar-refractivity contribution >= 4 is 23.3 Å². The number of ether oxygens (including phenoxy) is 3. The van der Waals surface area contributed by atoms with Crippen LogP contribution in [-0.4, -0.2) is 47.9 Å². The number of rotatable bonds is 1. The first-order valence-corrected chi connectivity index (χ1v) is 9.52. The second kappa shape index (κ2) is 6.07. The maximum absolute atomic E-state index is 13.5. The fourth-order valence-electron chi connectivity index (χ4n) is 5.28. The molecule has 1 spiro atoms. The second-order valence-electron chi connectivity index (χ2n) is 8.29. The minimum atomic E-state index is -1.44. The molecular weight excluding hydrogens is 352 g/mol. The van der Waals surface area contributed by atoms with Crippen LogP contribution >= 0.6 is 0 Å². The minimum absolute atomic E-state index is 0.0340. The topological polar surface area (TPSA) is 96.0 Å². The van der Waals surface area contributed by atoms with Gasteiger partial charge in [-0.3, -0.25) is 19.2 Å². The average Bonchev–Trinajstić information content (AvgIpc) is 2.89. The molecule has 1 heterocycles. The van der Waals surface area contributed by atoms with Gasteiger partial charge in [-0.15, -0.1) is 0 Å². The first-order valence-electron chi connectivity index (χ1n) is 9.52. The van der Waals surface area contributed by atoms with Crippen molar-refractivity contribution in [3.05, 3.63) is 11.1 Å². The normalized spacial score (nSPS) is 38.0. The molecule has 4 aliphatic rings. The van der Waals surface area contributed by atoms with Crippen LogP contribution in [-0.2, 0) is 33.4 Å². The summed E-state index contributed by atoms with van der Waals surface area (Å²) in [6.45, 7) is 3.32. The lowest BCUT2D eigenvalue weighted by Crippen LogP contribution is -2.59. The van der Waals surface area contributed by atoms with E-state index in [1.807, 2.05) is 0 Å². The lowest BCUT2D eigenvalue weighted by atomic mass is 9.62. The third-order valence-electron chi connectivity index (χ3n) is 6.24. The number of carbonyl (C=O) groups excluding carboxylic acids is 4. The van der Waals surface area contributed by atoms with Gasteiger partial charge in [-0.1, -0.05) is 0 Å². The summed E-state index contributed by atoms with van der Waals surface area (Å²) in [4.78, 5) is 52.3. The Labute approximate surface area is 157 Å². The van der Waals surface area contributed by atoms with Crippen LogP contribution in [0.4, 0.5) is 0 Å². The van der Waals surface area contributed by atoms with Crippen LogP contribution in [0.25, 0.3) is 0 Å². The molecule has 146 valence electrons. The van der Waals surface area contributed by atoms with E-state index < -0.39 is 41.1 Å². The van der Waals surface area contributed by atoms with Crippen molar-refractivity contribution in [2.75, 3.05) is 7.11 Å². The lowest BCUT2D eigenvalue weighted by molar-refractivity contribution is -0.181. The first kappa shape index (κ1) is 18.5. The smallest absolute Gasteiger partial charge is 0.313 e. The number of Topliss-reactive ketones (excluding diaryl/α,β-unsaturated/α-hetero) is 3. The van der Waals surface area contributed by atoms with Crippen LogP contribution in [0.3, 0.4) is 0 Å². The van der Waals surface area contributed by atoms with Gasteiger partial charge in [0.2, 0.25) is 0 Å². The Morgan fingerprint density at radius 3 is 2.59 bits per heavy atom. The quantitative estimate of drug-likeness (QED) is 0.507. The molecule has 0 radical (unpaired) electrons. The molecule has 0 N–H and O–H groups in total. The molecule has 4 rings (SSSR count). The zero-order valence-electron chi connectivity index (χ0n) is 15.8. The van der Waals surface area contributed by atoms with E-state index >= 15 is 0 Å². The van der Waals surface area contributed by atoms with Gasteiger partial charge in [0.25, 0.3) is 0 Å². The van der Waals surface area contributed by atoms with Gasteiger partial charge in [-0.2, -0.15) is 0 Å². The molecule has 7 heteroatoms. The van der Waals surface area contributed by atoms with Crippen LogP contribution < -0.4 is 0 Å². The predicted octanol–water partition coefficient (Wildman–Crippen LogP) is 1.67. The van der Waals surface area contributed by atoms with Crippen molar-refractivity contribution in [1.29, 1.82) is 0 Å². The number of methoxy groups -OCH3 is 1. The molecule has 2 bridgehead atoms. The number of fused-ring (bicyclic) bond motifs is 1. The molecule has 0 aromatic heterocycles. The van der Waals surface area contributed by atoms with Crippen LogP contribution in [0.1, 0.15) is 52.4 Å². The summed E-state index contributed by atoms with van der Waals surface area (Å²) >= 11 is 0. The van der Waals surface area contributed by atoms with Gasteiger partial charge >= 0.3 is 5.97 Å². The minimum Gasteiger partial charge on any atom is -0.469 e. The van der Waals surface area contributed by atoms with Crippen molar-refractivity contribution in [2.45, 2.75) is 69.9 Å². The number of carbonyl (C=O) groups is 4. The summed E-state index contributed by atoms with van der Waals surface area (Å²) in [6, 6.07) is 0. The van der Waals surface area contributed by atoms with Crippen LogP contribution in [0.15, 0.2) is 11.1 Å². The molecule has 0 aromatic carbocycles. The molecule has 3 aliphatic carbocycles. The molecule has 4 atom stereocenters. The van der Waals surface area contributed by atoms with E-state index in [1.165, 1.54) is 7.11 Å². The third kappa shape index (κ3) is 2.55. The summed E-state index contributed by atoms with van der Waals surface area (Å²) in [5.41, 5.74) is -0.955. The van der Waals surface area contributed by atoms with Crippen molar-refractivity contribution < 1.29 is 33.4 Å². The standard InChI is InChI=1S/C20H24O7/c1-19(2)26-17-15(22)14-10(6-4-8-12(14)21)13(18(24)25-3)11-7-5-9-20(17,27-19)16(11)23/h11,13,17H,4-9H2,1-3H3/t11-,13+,17-,20+/m0/s1. The summed E-state index contributed by atoms with van der Waals surface area (Å²) in [5, 5.41) is 0. The Morgan fingerprint density at radius 1 is 1.15 bits per heavy atom.